The van der Waals surface area contributed by atoms with Crippen molar-refractivity contribution in [3.63, 3.8) is 0 Å². The van der Waals surface area contributed by atoms with Crippen LogP contribution in [0.2, 0.25) is 0 Å². The SMILES string of the molecule is CS(=O)(=O)O[C@@H]1COC(c2ccccc2)O[C@H]1CN=[N+]=[N-]. The highest BCUT2D eigenvalue weighted by atomic mass is 32.2. The van der Waals surface area contributed by atoms with E-state index in [0.717, 1.165) is 11.8 Å². The second-order valence-electron chi connectivity index (χ2n) is 4.50. The molecule has 1 saturated heterocycles. The van der Waals surface area contributed by atoms with Crippen LogP contribution >= 0.6 is 0 Å². The minimum atomic E-state index is -3.66. The number of rotatable bonds is 5. The summed E-state index contributed by atoms with van der Waals surface area (Å²) in [5, 5.41) is 3.43. The summed E-state index contributed by atoms with van der Waals surface area (Å²) in [5.74, 6) is 0. The van der Waals surface area contributed by atoms with Gasteiger partial charge in [0.2, 0.25) is 0 Å². The van der Waals surface area contributed by atoms with Crippen LogP contribution in [-0.2, 0) is 23.8 Å². The normalized spacial score (nSPS) is 26.0. The van der Waals surface area contributed by atoms with Crippen LogP contribution in [-0.4, -0.2) is 40.0 Å². The number of hydrogen-bond acceptors (Lipinski definition) is 6. The molecule has 3 atom stereocenters. The molecule has 1 aliphatic heterocycles. The molecule has 1 aromatic rings. The summed E-state index contributed by atoms with van der Waals surface area (Å²) in [6, 6.07) is 9.19. The van der Waals surface area contributed by atoms with Crippen LogP contribution in [0.15, 0.2) is 35.4 Å². The highest BCUT2D eigenvalue weighted by Crippen LogP contribution is 2.28. The number of hydrogen-bond donors (Lipinski definition) is 0. The highest BCUT2D eigenvalue weighted by Gasteiger charge is 2.35. The van der Waals surface area contributed by atoms with E-state index >= 15 is 0 Å². The van der Waals surface area contributed by atoms with Crippen molar-refractivity contribution < 1.29 is 22.1 Å². The summed E-state index contributed by atoms with van der Waals surface area (Å²) >= 11 is 0. The van der Waals surface area contributed by atoms with E-state index in [0.29, 0.717) is 0 Å². The summed E-state index contributed by atoms with van der Waals surface area (Å²) in [4.78, 5) is 2.66. The maximum atomic E-state index is 11.2. The fourth-order valence-electron chi connectivity index (χ4n) is 1.95. The molecule has 1 fully saturated rings. The van der Waals surface area contributed by atoms with Crippen molar-refractivity contribution in [2.45, 2.75) is 18.5 Å². The van der Waals surface area contributed by atoms with Gasteiger partial charge < -0.3 is 9.47 Å². The zero-order valence-corrected chi connectivity index (χ0v) is 12.1. The molecule has 1 heterocycles. The zero-order chi connectivity index (χ0) is 15.3. The zero-order valence-electron chi connectivity index (χ0n) is 11.3. The lowest BCUT2D eigenvalue weighted by molar-refractivity contribution is -0.247. The summed E-state index contributed by atoms with van der Waals surface area (Å²) in [7, 11) is -3.66. The van der Waals surface area contributed by atoms with E-state index in [1.54, 1.807) is 0 Å². The molecule has 1 aliphatic rings. The quantitative estimate of drug-likeness (QED) is 0.356. The molecule has 1 aromatic carbocycles. The number of ether oxygens (including phenoxy) is 2. The average molecular weight is 313 g/mol. The molecule has 0 radical (unpaired) electrons. The summed E-state index contributed by atoms with van der Waals surface area (Å²) in [5.41, 5.74) is 9.20. The predicted molar refractivity (Wildman–Crippen MR) is 73.7 cm³/mol. The Morgan fingerprint density at radius 2 is 2.14 bits per heavy atom. The van der Waals surface area contributed by atoms with Crippen molar-refractivity contribution >= 4 is 10.1 Å². The van der Waals surface area contributed by atoms with Gasteiger partial charge in [-0.05, 0) is 5.53 Å². The molecule has 0 saturated carbocycles. The van der Waals surface area contributed by atoms with Crippen LogP contribution < -0.4 is 0 Å². The first-order valence-corrected chi connectivity index (χ1v) is 8.02. The Balaban J connectivity index is 2.12. The first-order chi connectivity index (χ1) is 9.99. The molecular weight excluding hydrogens is 298 g/mol. The highest BCUT2D eigenvalue weighted by molar-refractivity contribution is 7.86. The maximum absolute atomic E-state index is 11.2. The third-order valence-corrected chi connectivity index (χ3v) is 3.42. The van der Waals surface area contributed by atoms with Crippen molar-refractivity contribution in [3.05, 3.63) is 46.3 Å². The molecule has 0 spiro atoms. The molecule has 8 nitrogen and oxygen atoms in total. The van der Waals surface area contributed by atoms with Crippen LogP contribution in [0.25, 0.3) is 10.4 Å². The van der Waals surface area contributed by atoms with Gasteiger partial charge in [-0.2, -0.15) is 8.42 Å². The lowest BCUT2D eigenvalue weighted by Gasteiger charge is -2.35. The monoisotopic (exact) mass is 313 g/mol. The van der Waals surface area contributed by atoms with Gasteiger partial charge >= 0.3 is 0 Å². The molecule has 114 valence electrons. The topological polar surface area (TPSA) is 111 Å². The third kappa shape index (κ3) is 4.69. The van der Waals surface area contributed by atoms with Crippen LogP contribution in [0, 0.1) is 0 Å². The Morgan fingerprint density at radius 3 is 2.76 bits per heavy atom. The molecule has 0 aliphatic carbocycles. The van der Waals surface area contributed by atoms with Gasteiger partial charge in [-0.1, -0.05) is 35.4 Å². The summed E-state index contributed by atoms with van der Waals surface area (Å²) in [6.07, 6.45) is -1.24. The maximum Gasteiger partial charge on any atom is 0.264 e. The molecule has 0 N–H and O–H groups in total. The van der Waals surface area contributed by atoms with Crippen LogP contribution in [0.3, 0.4) is 0 Å². The Labute approximate surface area is 122 Å². The Hall–Kier alpha value is -1.64. The van der Waals surface area contributed by atoms with Gasteiger partial charge in [-0.25, -0.2) is 0 Å². The second kappa shape index (κ2) is 6.88. The van der Waals surface area contributed by atoms with E-state index in [-0.39, 0.29) is 13.2 Å². The van der Waals surface area contributed by atoms with Gasteiger partial charge in [0.15, 0.2) is 6.29 Å². The van der Waals surface area contributed by atoms with E-state index in [4.69, 9.17) is 19.2 Å². The smallest absolute Gasteiger partial charge is 0.264 e. The van der Waals surface area contributed by atoms with Gasteiger partial charge in [0.05, 0.1) is 25.5 Å². The van der Waals surface area contributed by atoms with E-state index in [1.807, 2.05) is 30.3 Å². The Kier molecular flexibility index (Phi) is 5.16. The largest absolute Gasteiger partial charge is 0.346 e. The van der Waals surface area contributed by atoms with Crippen LogP contribution in [0.5, 0.6) is 0 Å². The summed E-state index contributed by atoms with van der Waals surface area (Å²) < 4.78 is 38.5. The van der Waals surface area contributed by atoms with Gasteiger partial charge in [-0.15, -0.1) is 0 Å². The minimum absolute atomic E-state index is 0.0260. The van der Waals surface area contributed by atoms with Crippen molar-refractivity contribution in [1.29, 1.82) is 0 Å². The third-order valence-electron chi connectivity index (χ3n) is 2.82. The standard InChI is InChI=1S/C12H15N3O5S/c1-21(16,17)20-11-8-18-12(9-5-3-2-4-6-9)19-10(11)7-14-15-13/h2-6,10-12H,7-8H2,1H3/t10-,11+,12?/m0/s1. The van der Waals surface area contributed by atoms with Crippen molar-refractivity contribution in [2.75, 3.05) is 19.4 Å². The number of nitrogens with zero attached hydrogens (tertiary/aromatic N) is 3. The molecule has 1 unspecified atom stereocenters. The molecule has 9 heteroatoms. The molecule has 2 rings (SSSR count). The van der Waals surface area contributed by atoms with Crippen LogP contribution in [0.1, 0.15) is 11.9 Å². The average Bonchev–Trinajstić information content (AvgIpc) is 2.45. The molecule has 0 aromatic heterocycles. The van der Waals surface area contributed by atoms with E-state index in [2.05, 4.69) is 10.0 Å². The van der Waals surface area contributed by atoms with E-state index in [9.17, 15) is 8.42 Å². The molecule has 21 heavy (non-hydrogen) atoms. The number of azide groups is 1. The summed E-state index contributed by atoms with van der Waals surface area (Å²) in [6.45, 7) is -0.0123. The van der Waals surface area contributed by atoms with Gasteiger partial charge in [0, 0.05) is 10.5 Å². The Morgan fingerprint density at radius 1 is 1.43 bits per heavy atom. The minimum Gasteiger partial charge on any atom is -0.346 e. The fraction of sp³-hybridized carbons (Fsp3) is 0.500. The predicted octanol–water partition coefficient (Wildman–Crippen LogP) is 1.76. The van der Waals surface area contributed by atoms with Crippen molar-refractivity contribution in [3.8, 4) is 0 Å². The first-order valence-electron chi connectivity index (χ1n) is 6.21. The lowest BCUT2D eigenvalue weighted by Crippen LogP contribution is -2.44. The van der Waals surface area contributed by atoms with E-state index in [1.165, 1.54) is 0 Å². The molecule has 0 amide bonds. The first kappa shape index (κ1) is 15.7. The van der Waals surface area contributed by atoms with Crippen molar-refractivity contribution in [1.82, 2.24) is 0 Å². The van der Waals surface area contributed by atoms with Gasteiger partial charge in [-0.3, -0.25) is 4.18 Å². The second-order valence-corrected chi connectivity index (χ2v) is 6.10. The lowest BCUT2D eigenvalue weighted by atomic mass is 10.1. The number of benzene rings is 1. The Bertz CT molecular complexity index is 615. The molecular formula is C12H15N3O5S. The van der Waals surface area contributed by atoms with E-state index < -0.39 is 28.6 Å². The van der Waals surface area contributed by atoms with Gasteiger partial charge in [0.1, 0.15) is 6.10 Å². The van der Waals surface area contributed by atoms with Crippen LogP contribution in [0.4, 0.5) is 0 Å². The van der Waals surface area contributed by atoms with Crippen molar-refractivity contribution in [2.24, 2.45) is 5.11 Å². The fourth-order valence-corrected chi connectivity index (χ4v) is 2.58. The molecule has 0 bridgehead atoms. The van der Waals surface area contributed by atoms with Gasteiger partial charge in [0.25, 0.3) is 10.1 Å².